The molecule has 0 fully saturated rings. The van der Waals surface area contributed by atoms with Gasteiger partial charge in [-0.3, -0.25) is 14.9 Å². The SMILES string of the molecule is NC(=O)NC(=O)c1c(NC(=O)c2ccc(Br)s2)sc2c1CCC2. The van der Waals surface area contributed by atoms with Crippen molar-refractivity contribution in [1.82, 2.24) is 5.32 Å². The second kappa shape index (κ2) is 6.42. The molecule has 23 heavy (non-hydrogen) atoms. The molecule has 2 aromatic heterocycles. The van der Waals surface area contributed by atoms with Gasteiger partial charge in [0.2, 0.25) is 0 Å². The number of carbonyl (C=O) groups excluding carboxylic acids is 3. The largest absolute Gasteiger partial charge is 0.351 e. The van der Waals surface area contributed by atoms with Crippen molar-refractivity contribution in [3.8, 4) is 0 Å². The molecule has 4 N–H and O–H groups in total. The lowest BCUT2D eigenvalue weighted by Gasteiger charge is -2.07. The molecule has 0 bridgehead atoms. The van der Waals surface area contributed by atoms with Crippen LogP contribution in [0.25, 0.3) is 0 Å². The van der Waals surface area contributed by atoms with E-state index in [0.29, 0.717) is 15.4 Å². The fraction of sp³-hybridized carbons (Fsp3) is 0.214. The van der Waals surface area contributed by atoms with Gasteiger partial charge in [0.1, 0.15) is 5.00 Å². The Hall–Kier alpha value is -1.71. The van der Waals surface area contributed by atoms with Crippen LogP contribution >= 0.6 is 38.6 Å². The van der Waals surface area contributed by atoms with Crippen molar-refractivity contribution < 1.29 is 14.4 Å². The molecule has 0 unspecified atom stereocenters. The van der Waals surface area contributed by atoms with Crippen LogP contribution in [0.4, 0.5) is 9.80 Å². The lowest BCUT2D eigenvalue weighted by molar-refractivity contribution is 0.0966. The average Bonchev–Trinajstić information content (AvgIpc) is 3.12. The number of fused-ring (bicyclic) bond motifs is 1. The second-order valence-electron chi connectivity index (χ2n) is 4.94. The number of nitrogens with one attached hydrogen (secondary N) is 2. The van der Waals surface area contributed by atoms with E-state index in [4.69, 9.17) is 5.73 Å². The first-order chi connectivity index (χ1) is 11.0. The van der Waals surface area contributed by atoms with Gasteiger partial charge >= 0.3 is 6.03 Å². The Kier molecular flexibility index (Phi) is 4.51. The number of carbonyl (C=O) groups is 3. The van der Waals surface area contributed by atoms with Crippen molar-refractivity contribution in [3.05, 3.63) is 36.8 Å². The molecule has 0 spiro atoms. The monoisotopic (exact) mass is 413 g/mol. The summed E-state index contributed by atoms with van der Waals surface area (Å²) in [7, 11) is 0. The average molecular weight is 414 g/mol. The van der Waals surface area contributed by atoms with E-state index in [-0.39, 0.29) is 5.91 Å². The first-order valence-electron chi connectivity index (χ1n) is 6.77. The van der Waals surface area contributed by atoms with E-state index in [1.807, 2.05) is 0 Å². The van der Waals surface area contributed by atoms with Crippen LogP contribution in [0.5, 0.6) is 0 Å². The number of hydrogen-bond donors (Lipinski definition) is 3. The molecular formula is C14H12BrN3O3S2. The molecule has 0 aliphatic heterocycles. The van der Waals surface area contributed by atoms with Crippen LogP contribution in [0.2, 0.25) is 0 Å². The topological polar surface area (TPSA) is 101 Å². The number of thiophene rings is 2. The third-order valence-corrected chi connectivity index (χ3v) is 6.24. The van der Waals surface area contributed by atoms with Crippen LogP contribution in [0, 0.1) is 0 Å². The smallest absolute Gasteiger partial charge is 0.319 e. The van der Waals surface area contributed by atoms with Gasteiger partial charge in [-0.1, -0.05) is 0 Å². The number of urea groups is 1. The van der Waals surface area contributed by atoms with E-state index in [2.05, 4.69) is 26.6 Å². The van der Waals surface area contributed by atoms with Gasteiger partial charge in [-0.2, -0.15) is 0 Å². The minimum atomic E-state index is -0.910. The molecular weight excluding hydrogens is 402 g/mol. The molecule has 0 saturated carbocycles. The Morgan fingerprint density at radius 3 is 2.57 bits per heavy atom. The van der Waals surface area contributed by atoms with E-state index in [1.165, 1.54) is 22.7 Å². The Balaban J connectivity index is 1.91. The lowest BCUT2D eigenvalue weighted by atomic mass is 10.1. The first kappa shape index (κ1) is 16.2. The summed E-state index contributed by atoms with van der Waals surface area (Å²) < 4.78 is 0.850. The predicted octanol–water partition coefficient (Wildman–Crippen LogP) is 3.12. The molecule has 4 amide bonds. The Morgan fingerprint density at radius 2 is 1.91 bits per heavy atom. The number of anilines is 1. The van der Waals surface area contributed by atoms with Crippen molar-refractivity contribution in [2.24, 2.45) is 5.73 Å². The molecule has 2 aromatic rings. The van der Waals surface area contributed by atoms with Gasteiger partial charge in [0.25, 0.3) is 11.8 Å². The van der Waals surface area contributed by atoms with Crippen LogP contribution in [0.1, 0.15) is 36.9 Å². The fourth-order valence-corrected chi connectivity index (χ4v) is 5.07. The van der Waals surface area contributed by atoms with Crippen molar-refractivity contribution in [2.45, 2.75) is 19.3 Å². The van der Waals surface area contributed by atoms with Crippen LogP contribution in [0.3, 0.4) is 0 Å². The normalized spacial score (nSPS) is 12.7. The van der Waals surface area contributed by atoms with Crippen LogP contribution < -0.4 is 16.4 Å². The summed E-state index contributed by atoms with van der Waals surface area (Å²) in [5.74, 6) is -0.853. The molecule has 0 radical (unpaired) electrons. The highest BCUT2D eigenvalue weighted by Crippen LogP contribution is 2.39. The van der Waals surface area contributed by atoms with Gasteiger partial charge in [0.05, 0.1) is 14.2 Å². The number of amides is 4. The standard InChI is InChI=1S/C14H12BrN3O3S2/c15-9-5-4-8(22-9)11(19)17-13-10(12(20)18-14(16)21)6-2-1-3-7(6)23-13/h4-5H,1-3H2,(H,17,19)(H3,16,18,20,21). The van der Waals surface area contributed by atoms with Gasteiger partial charge in [0, 0.05) is 4.88 Å². The molecule has 9 heteroatoms. The molecule has 0 aromatic carbocycles. The number of rotatable bonds is 3. The summed E-state index contributed by atoms with van der Waals surface area (Å²) in [5, 5.41) is 5.32. The number of imide groups is 1. The third-order valence-electron chi connectivity index (χ3n) is 3.41. The third kappa shape index (κ3) is 3.31. The zero-order valence-corrected chi connectivity index (χ0v) is 15.0. The van der Waals surface area contributed by atoms with Gasteiger partial charge in [-0.25, -0.2) is 4.79 Å². The zero-order valence-electron chi connectivity index (χ0n) is 11.8. The van der Waals surface area contributed by atoms with Crippen LogP contribution in [-0.4, -0.2) is 17.8 Å². The highest BCUT2D eigenvalue weighted by atomic mass is 79.9. The summed E-state index contributed by atoms with van der Waals surface area (Å²) in [6.45, 7) is 0. The van der Waals surface area contributed by atoms with Crippen LogP contribution in [0.15, 0.2) is 15.9 Å². The summed E-state index contributed by atoms with van der Waals surface area (Å²) in [5.41, 5.74) is 6.28. The molecule has 1 aliphatic rings. The van der Waals surface area contributed by atoms with E-state index in [9.17, 15) is 14.4 Å². The molecule has 0 saturated heterocycles. The molecule has 2 heterocycles. The van der Waals surface area contributed by atoms with E-state index in [0.717, 1.165) is 33.5 Å². The number of primary amides is 1. The van der Waals surface area contributed by atoms with Gasteiger partial charge in [0.15, 0.2) is 0 Å². The minimum absolute atomic E-state index is 0.284. The number of halogens is 1. The number of hydrogen-bond acceptors (Lipinski definition) is 5. The van der Waals surface area contributed by atoms with Crippen molar-refractivity contribution in [3.63, 3.8) is 0 Å². The van der Waals surface area contributed by atoms with E-state index in [1.54, 1.807) is 12.1 Å². The number of aryl methyl sites for hydroxylation is 1. The maximum absolute atomic E-state index is 12.3. The van der Waals surface area contributed by atoms with Gasteiger partial charge in [-0.05, 0) is 52.9 Å². The molecule has 3 rings (SSSR count). The second-order valence-corrected chi connectivity index (χ2v) is 8.51. The highest BCUT2D eigenvalue weighted by Gasteiger charge is 2.28. The lowest BCUT2D eigenvalue weighted by Crippen LogP contribution is -2.35. The van der Waals surface area contributed by atoms with E-state index >= 15 is 0 Å². The number of nitrogens with two attached hydrogens (primary N) is 1. The van der Waals surface area contributed by atoms with Gasteiger partial charge < -0.3 is 11.1 Å². The maximum atomic E-state index is 12.3. The highest BCUT2D eigenvalue weighted by molar-refractivity contribution is 9.11. The Labute approximate surface area is 148 Å². The molecule has 120 valence electrons. The summed E-state index contributed by atoms with van der Waals surface area (Å²) >= 11 is 6.00. The summed E-state index contributed by atoms with van der Waals surface area (Å²) in [4.78, 5) is 37.1. The molecule has 6 nitrogen and oxygen atoms in total. The quantitative estimate of drug-likeness (QED) is 0.719. The maximum Gasteiger partial charge on any atom is 0.319 e. The van der Waals surface area contributed by atoms with Crippen LogP contribution in [-0.2, 0) is 12.8 Å². The zero-order chi connectivity index (χ0) is 16.6. The van der Waals surface area contributed by atoms with Crippen molar-refractivity contribution in [1.29, 1.82) is 0 Å². The van der Waals surface area contributed by atoms with Gasteiger partial charge in [-0.15, -0.1) is 22.7 Å². The van der Waals surface area contributed by atoms with E-state index < -0.39 is 11.9 Å². The van der Waals surface area contributed by atoms with Crippen molar-refractivity contribution in [2.75, 3.05) is 5.32 Å². The fourth-order valence-electron chi connectivity index (χ4n) is 2.51. The Bertz CT molecular complexity index is 812. The minimum Gasteiger partial charge on any atom is -0.351 e. The summed E-state index contributed by atoms with van der Waals surface area (Å²) in [6.07, 6.45) is 2.59. The van der Waals surface area contributed by atoms with Crippen molar-refractivity contribution >= 4 is 61.5 Å². The molecule has 0 atom stereocenters. The summed E-state index contributed by atoms with van der Waals surface area (Å²) in [6, 6.07) is 2.58. The first-order valence-corrected chi connectivity index (χ1v) is 9.20. The predicted molar refractivity (Wildman–Crippen MR) is 93.4 cm³/mol. The molecule has 1 aliphatic carbocycles. The Morgan fingerprint density at radius 1 is 1.13 bits per heavy atom.